The Hall–Kier alpha value is 0.344. The van der Waals surface area contributed by atoms with Crippen LogP contribution in [0.1, 0.15) is 0 Å². The summed E-state index contributed by atoms with van der Waals surface area (Å²) in [5, 5.41) is 0.884. The molecule has 13 heavy (non-hydrogen) atoms. The Balaban J connectivity index is 2.84. The summed E-state index contributed by atoms with van der Waals surface area (Å²) in [5.74, 6) is 0. The van der Waals surface area contributed by atoms with Gasteiger partial charge in [-0.05, 0) is 4.92 Å². The standard InChI is InChI=1S/C10H21PSi2/c1-12(2,3)9-7-8-10(11-9)13(4,5)6/h7-9H,1-6H3. The number of allylic oxidation sites excluding steroid dienone is 2. The topological polar surface area (TPSA) is 0 Å². The van der Waals surface area contributed by atoms with Crippen LogP contribution in [0, 0.1) is 0 Å². The van der Waals surface area contributed by atoms with Gasteiger partial charge in [0.05, 0.1) is 16.1 Å². The first kappa shape index (κ1) is 11.4. The molecule has 0 fully saturated rings. The molecule has 1 atom stereocenters. The smallest absolute Gasteiger partial charge is 0.0830 e. The predicted octanol–water partition coefficient (Wildman–Crippen LogP) is 3.80. The van der Waals surface area contributed by atoms with Gasteiger partial charge in [-0.25, -0.2) is 0 Å². The monoisotopic (exact) mass is 228 g/mol. The maximum Gasteiger partial charge on any atom is 0.0830 e. The third-order valence-corrected chi connectivity index (χ3v) is 12.0. The number of hydrogen-bond donors (Lipinski definition) is 0. The van der Waals surface area contributed by atoms with Crippen LogP contribution in [-0.2, 0) is 0 Å². The number of rotatable bonds is 2. The van der Waals surface area contributed by atoms with E-state index in [0.717, 1.165) is 5.28 Å². The van der Waals surface area contributed by atoms with E-state index in [1.165, 1.54) is 0 Å². The van der Waals surface area contributed by atoms with Crippen molar-refractivity contribution in [2.45, 2.75) is 44.6 Å². The average molecular weight is 228 g/mol. The van der Waals surface area contributed by atoms with Gasteiger partial charge < -0.3 is 0 Å². The molecule has 0 spiro atoms. The normalized spacial score (nSPS) is 24.8. The van der Waals surface area contributed by atoms with Crippen molar-refractivity contribution in [2.24, 2.45) is 0 Å². The van der Waals surface area contributed by atoms with E-state index in [2.05, 4.69) is 51.4 Å². The lowest BCUT2D eigenvalue weighted by molar-refractivity contribution is 1.46. The second-order valence-corrected chi connectivity index (χ2v) is 18.5. The van der Waals surface area contributed by atoms with Crippen molar-refractivity contribution in [1.29, 1.82) is 0 Å². The van der Waals surface area contributed by atoms with Crippen molar-refractivity contribution >= 4 is 29.3 Å². The SMILES string of the molecule is C[Si](C)(C)C1=PC([Si](C)(C)C)C=C1. The molecule has 0 bridgehead atoms. The van der Waals surface area contributed by atoms with Crippen LogP contribution in [0.3, 0.4) is 0 Å². The highest BCUT2D eigenvalue weighted by atomic mass is 31.1. The highest BCUT2D eigenvalue weighted by Gasteiger charge is 2.29. The number of hydrogen-bond acceptors (Lipinski definition) is 0. The zero-order valence-corrected chi connectivity index (χ0v) is 12.6. The molecule has 0 saturated heterocycles. The molecule has 0 aromatic rings. The Labute approximate surface area is 86.3 Å². The van der Waals surface area contributed by atoms with Crippen molar-refractivity contribution < 1.29 is 0 Å². The van der Waals surface area contributed by atoms with E-state index in [1.54, 1.807) is 13.1 Å². The Bertz CT molecular complexity index is 253. The summed E-state index contributed by atoms with van der Waals surface area (Å²) in [4.78, 5) is 1.75. The molecule has 0 aromatic heterocycles. The Morgan fingerprint density at radius 3 is 1.85 bits per heavy atom. The van der Waals surface area contributed by atoms with Gasteiger partial charge >= 0.3 is 0 Å². The molecular formula is C10H21PSi2. The maximum absolute atomic E-state index is 2.47. The van der Waals surface area contributed by atoms with E-state index < -0.39 is 16.1 Å². The van der Waals surface area contributed by atoms with E-state index in [1.807, 2.05) is 0 Å². The fourth-order valence-electron chi connectivity index (χ4n) is 1.34. The lowest BCUT2D eigenvalue weighted by Gasteiger charge is -2.21. The van der Waals surface area contributed by atoms with E-state index in [4.69, 9.17) is 0 Å². The van der Waals surface area contributed by atoms with Gasteiger partial charge in [-0.15, -0.1) is 8.20 Å². The van der Waals surface area contributed by atoms with Gasteiger partial charge in [0.1, 0.15) is 0 Å². The second-order valence-electron chi connectivity index (χ2n) is 5.93. The van der Waals surface area contributed by atoms with E-state index in [0.29, 0.717) is 0 Å². The van der Waals surface area contributed by atoms with Crippen LogP contribution in [-0.4, -0.2) is 26.3 Å². The van der Waals surface area contributed by atoms with Gasteiger partial charge in [0.15, 0.2) is 0 Å². The van der Waals surface area contributed by atoms with Gasteiger partial charge in [0.25, 0.3) is 0 Å². The molecule has 0 radical (unpaired) electrons. The molecule has 0 nitrogen and oxygen atoms in total. The highest BCUT2D eigenvalue weighted by Crippen LogP contribution is 2.31. The minimum atomic E-state index is -1.01. The predicted molar refractivity (Wildman–Crippen MR) is 71.5 cm³/mol. The van der Waals surface area contributed by atoms with Crippen LogP contribution < -0.4 is 0 Å². The van der Waals surface area contributed by atoms with Crippen LogP contribution in [0.25, 0.3) is 0 Å². The van der Waals surface area contributed by atoms with Gasteiger partial charge in [0, 0.05) is 5.28 Å². The van der Waals surface area contributed by atoms with Crippen molar-refractivity contribution in [3.8, 4) is 0 Å². The first-order valence-corrected chi connectivity index (χ1v) is 13.0. The summed E-state index contributed by atoms with van der Waals surface area (Å²) >= 11 is 0. The fraction of sp³-hybridized carbons (Fsp3) is 0.700. The molecule has 1 aliphatic rings. The fourth-order valence-corrected chi connectivity index (χ4v) is 7.58. The minimum Gasteiger partial charge on any atom is -0.101 e. The maximum atomic E-state index is 2.47. The first-order valence-electron chi connectivity index (χ1n) is 4.98. The van der Waals surface area contributed by atoms with E-state index in [-0.39, 0.29) is 0 Å². The molecule has 0 saturated carbocycles. The summed E-state index contributed by atoms with van der Waals surface area (Å²) in [6.45, 7) is 14.8. The second kappa shape index (κ2) is 3.49. The molecule has 1 unspecified atom stereocenters. The zero-order valence-electron chi connectivity index (χ0n) is 9.68. The van der Waals surface area contributed by atoms with Gasteiger partial charge in [0.2, 0.25) is 0 Å². The molecular weight excluding hydrogens is 207 g/mol. The average Bonchev–Trinajstić information content (AvgIpc) is 2.28. The van der Waals surface area contributed by atoms with Crippen molar-refractivity contribution in [3.63, 3.8) is 0 Å². The lowest BCUT2D eigenvalue weighted by Crippen LogP contribution is -2.33. The molecule has 74 valence electrons. The van der Waals surface area contributed by atoms with Gasteiger partial charge in [-0.2, -0.15) is 0 Å². The Morgan fingerprint density at radius 1 is 1.08 bits per heavy atom. The van der Waals surface area contributed by atoms with Crippen LogP contribution >= 0.6 is 8.20 Å². The lowest BCUT2D eigenvalue weighted by atomic mass is 10.6. The molecule has 0 aromatic carbocycles. The zero-order chi connectivity index (χ0) is 10.3. The van der Waals surface area contributed by atoms with E-state index >= 15 is 0 Å². The van der Waals surface area contributed by atoms with Crippen LogP contribution in [0.15, 0.2) is 12.2 Å². The van der Waals surface area contributed by atoms with Crippen molar-refractivity contribution in [1.82, 2.24) is 0 Å². The Kier molecular flexibility index (Phi) is 3.06. The first-order chi connectivity index (χ1) is 5.71. The minimum absolute atomic E-state index is 0.884. The van der Waals surface area contributed by atoms with Crippen LogP contribution in [0.5, 0.6) is 0 Å². The molecule has 1 rings (SSSR count). The summed E-state index contributed by atoms with van der Waals surface area (Å²) < 4.78 is 0. The molecule has 1 aliphatic heterocycles. The van der Waals surface area contributed by atoms with Gasteiger partial charge in [-0.3, -0.25) is 0 Å². The molecule has 3 heteroatoms. The van der Waals surface area contributed by atoms with E-state index in [9.17, 15) is 0 Å². The third kappa shape index (κ3) is 2.90. The summed E-state index contributed by atoms with van der Waals surface area (Å²) in [6, 6.07) is 0. The molecule has 1 heterocycles. The van der Waals surface area contributed by atoms with Crippen molar-refractivity contribution in [3.05, 3.63) is 12.2 Å². The molecule has 0 N–H and O–H groups in total. The summed E-state index contributed by atoms with van der Waals surface area (Å²) in [5.41, 5.74) is 0. The van der Waals surface area contributed by atoms with Crippen molar-refractivity contribution in [2.75, 3.05) is 0 Å². The van der Waals surface area contributed by atoms with Crippen LogP contribution in [0.2, 0.25) is 39.3 Å². The highest BCUT2D eigenvalue weighted by molar-refractivity contribution is 7.55. The summed E-state index contributed by atoms with van der Waals surface area (Å²) in [7, 11) is -0.309. The summed E-state index contributed by atoms with van der Waals surface area (Å²) in [6.07, 6.45) is 4.90. The largest absolute Gasteiger partial charge is 0.101 e. The van der Waals surface area contributed by atoms with Gasteiger partial charge in [-0.1, -0.05) is 51.4 Å². The van der Waals surface area contributed by atoms with Crippen LogP contribution in [0.4, 0.5) is 0 Å². The quantitative estimate of drug-likeness (QED) is 0.498. The Morgan fingerprint density at radius 2 is 1.62 bits per heavy atom. The third-order valence-electron chi connectivity index (χ3n) is 2.37. The molecule has 0 amide bonds. The molecule has 0 aliphatic carbocycles.